The van der Waals surface area contributed by atoms with Crippen molar-refractivity contribution in [2.24, 2.45) is 11.7 Å². The molecule has 2 atom stereocenters. The second kappa shape index (κ2) is 9.25. The van der Waals surface area contributed by atoms with Crippen LogP contribution in [-0.2, 0) is 0 Å². The van der Waals surface area contributed by atoms with Crippen LogP contribution in [0, 0.1) is 5.92 Å². The van der Waals surface area contributed by atoms with Gasteiger partial charge in [-0.1, -0.05) is 30.3 Å². The smallest absolute Gasteiger partial charge is 0.422 e. The Morgan fingerprint density at radius 2 is 1.89 bits per heavy atom. The number of carbonyl (C=O) groups excluding carboxylic acids is 1. The second-order valence-electron chi connectivity index (χ2n) is 6.51. The van der Waals surface area contributed by atoms with Crippen molar-refractivity contribution in [3.05, 3.63) is 59.8 Å². The molecule has 1 aliphatic heterocycles. The van der Waals surface area contributed by atoms with Crippen LogP contribution >= 0.6 is 12.4 Å². The van der Waals surface area contributed by atoms with Crippen molar-refractivity contribution in [2.75, 3.05) is 26.2 Å². The van der Waals surface area contributed by atoms with Crippen LogP contribution in [0.5, 0.6) is 5.88 Å². The highest BCUT2D eigenvalue weighted by atomic mass is 35.5. The number of rotatable bonds is 5. The van der Waals surface area contributed by atoms with E-state index in [4.69, 9.17) is 5.73 Å². The number of benzene rings is 1. The highest BCUT2D eigenvalue weighted by molar-refractivity contribution is 5.94. The Morgan fingerprint density at radius 1 is 1.18 bits per heavy atom. The van der Waals surface area contributed by atoms with Crippen molar-refractivity contribution >= 4 is 18.3 Å². The maximum Gasteiger partial charge on any atom is 0.422 e. The Hall–Kier alpha value is -2.32. The molecular weight excluding hydrogens is 395 g/mol. The van der Waals surface area contributed by atoms with E-state index in [9.17, 15) is 18.0 Å². The third kappa shape index (κ3) is 5.36. The molecule has 3 rings (SSSR count). The number of hydrogen-bond donors (Lipinski definition) is 1. The SMILES string of the molecule is Cl.NC[C@@H]1CN(C(=O)c2ccc(OCC(F)(F)F)nc2)C[C@H]1c1ccccc1. The number of likely N-dealkylation sites (tertiary alicyclic amines) is 1. The summed E-state index contributed by atoms with van der Waals surface area (Å²) in [5, 5.41) is 0. The number of carbonyl (C=O) groups is 1. The minimum absolute atomic E-state index is 0. The topological polar surface area (TPSA) is 68.5 Å². The summed E-state index contributed by atoms with van der Waals surface area (Å²) >= 11 is 0. The molecule has 5 nitrogen and oxygen atoms in total. The molecule has 0 spiro atoms. The van der Waals surface area contributed by atoms with E-state index in [1.807, 2.05) is 30.3 Å². The Morgan fingerprint density at radius 3 is 2.46 bits per heavy atom. The Labute approximate surface area is 167 Å². The molecule has 0 aliphatic carbocycles. The largest absolute Gasteiger partial charge is 0.468 e. The molecule has 2 N–H and O–H groups in total. The normalized spacial score (nSPS) is 19.2. The Balaban J connectivity index is 0.00000280. The maximum atomic E-state index is 12.7. The van der Waals surface area contributed by atoms with Gasteiger partial charge in [0.1, 0.15) is 0 Å². The van der Waals surface area contributed by atoms with Crippen molar-refractivity contribution in [3.8, 4) is 5.88 Å². The van der Waals surface area contributed by atoms with E-state index in [0.29, 0.717) is 25.2 Å². The van der Waals surface area contributed by atoms with Crippen LogP contribution < -0.4 is 10.5 Å². The maximum absolute atomic E-state index is 12.7. The molecule has 1 aromatic carbocycles. The third-order valence-electron chi connectivity index (χ3n) is 4.63. The zero-order valence-corrected chi connectivity index (χ0v) is 15.7. The van der Waals surface area contributed by atoms with Gasteiger partial charge in [0, 0.05) is 31.3 Å². The van der Waals surface area contributed by atoms with E-state index in [1.54, 1.807) is 4.90 Å². The molecule has 0 radical (unpaired) electrons. The van der Waals surface area contributed by atoms with Crippen LogP contribution in [0.25, 0.3) is 0 Å². The third-order valence-corrected chi connectivity index (χ3v) is 4.63. The first-order valence-corrected chi connectivity index (χ1v) is 8.57. The lowest BCUT2D eigenvalue weighted by Crippen LogP contribution is -2.30. The molecule has 1 aromatic heterocycles. The summed E-state index contributed by atoms with van der Waals surface area (Å²) in [7, 11) is 0. The molecule has 1 saturated heterocycles. The van der Waals surface area contributed by atoms with E-state index in [2.05, 4.69) is 9.72 Å². The van der Waals surface area contributed by atoms with Crippen molar-refractivity contribution in [1.29, 1.82) is 0 Å². The predicted octanol–water partition coefficient (Wildman–Crippen LogP) is 3.26. The zero-order chi connectivity index (χ0) is 19.4. The minimum Gasteiger partial charge on any atom is -0.468 e. The summed E-state index contributed by atoms with van der Waals surface area (Å²) in [5.41, 5.74) is 7.33. The fraction of sp³-hybridized carbons (Fsp3) is 0.368. The number of nitrogens with zero attached hydrogens (tertiary/aromatic N) is 2. The molecule has 1 aliphatic rings. The van der Waals surface area contributed by atoms with Crippen LogP contribution in [0.2, 0.25) is 0 Å². The summed E-state index contributed by atoms with van der Waals surface area (Å²) in [5.74, 6) is -0.0877. The molecule has 9 heteroatoms. The summed E-state index contributed by atoms with van der Waals surface area (Å²) < 4.78 is 41.1. The van der Waals surface area contributed by atoms with Crippen molar-refractivity contribution in [1.82, 2.24) is 9.88 Å². The fourth-order valence-electron chi connectivity index (χ4n) is 3.28. The standard InChI is InChI=1S/C19H20F3N3O2.ClH/c20-19(21,22)12-27-17-7-6-14(9-24-17)18(26)25-10-15(8-23)16(11-25)13-4-2-1-3-5-13;/h1-7,9,15-16H,8,10-12,23H2;1H/t15-,16+;/m1./s1. The average Bonchev–Trinajstić information content (AvgIpc) is 3.11. The van der Waals surface area contributed by atoms with Crippen molar-refractivity contribution in [3.63, 3.8) is 0 Å². The van der Waals surface area contributed by atoms with Crippen LogP contribution in [0.1, 0.15) is 21.8 Å². The molecule has 1 fully saturated rings. The van der Waals surface area contributed by atoms with Gasteiger partial charge in [-0.15, -0.1) is 12.4 Å². The van der Waals surface area contributed by atoms with Gasteiger partial charge in [0.25, 0.3) is 5.91 Å². The molecule has 0 unspecified atom stereocenters. The van der Waals surface area contributed by atoms with E-state index in [1.165, 1.54) is 18.3 Å². The van der Waals surface area contributed by atoms with Gasteiger partial charge < -0.3 is 15.4 Å². The van der Waals surface area contributed by atoms with E-state index >= 15 is 0 Å². The lowest BCUT2D eigenvalue weighted by atomic mass is 9.89. The van der Waals surface area contributed by atoms with Gasteiger partial charge in [0.05, 0.1) is 5.56 Å². The Bertz CT molecular complexity index is 772. The van der Waals surface area contributed by atoms with E-state index in [-0.39, 0.29) is 36.0 Å². The molecule has 2 heterocycles. The second-order valence-corrected chi connectivity index (χ2v) is 6.51. The number of nitrogens with two attached hydrogens (primary N) is 1. The molecule has 0 saturated carbocycles. The number of hydrogen-bond acceptors (Lipinski definition) is 4. The summed E-state index contributed by atoms with van der Waals surface area (Å²) in [6, 6.07) is 12.6. The van der Waals surface area contributed by atoms with E-state index in [0.717, 1.165) is 5.56 Å². The Kier molecular flexibility index (Phi) is 7.26. The van der Waals surface area contributed by atoms with Gasteiger partial charge in [0.15, 0.2) is 6.61 Å². The van der Waals surface area contributed by atoms with Crippen LogP contribution in [-0.4, -0.2) is 48.2 Å². The number of amides is 1. The number of ether oxygens (including phenoxy) is 1. The quantitative estimate of drug-likeness (QED) is 0.813. The zero-order valence-electron chi connectivity index (χ0n) is 14.9. The fourth-order valence-corrected chi connectivity index (χ4v) is 3.28. The highest BCUT2D eigenvalue weighted by Crippen LogP contribution is 2.32. The monoisotopic (exact) mass is 415 g/mol. The number of pyridine rings is 1. The lowest BCUT2D eigenvalue weighted by molar-refractivity contribution is -0.154. The van der Waals surface area contributed by atoms with Gasteiger partial charge >= 0.3 is 6.18 Å². The summed E-state index contributed by atoms with van der Waals surface area (Å²) in [6.07, 6.45) is -3.20. The van der Waals surface area contributed by atoms with Gasteiger partial charge in [-0.05, 0) is 24.1 Å². The van der Waals surface area contributed by atoms with Gasteiger partial charge in [-0.3, -0.25) is 4.79 Å². The minimum atomic E-state index is -4.44. The van der Waals surface area contributed by atoms with Gasteiger partial charge in [-0.25, -0.2) is 4.98 Å². The van der Waals surface area contributed by atoms with Gasteiger partial charge in [0.2, 0.25) is 5.88 Å². The molecular formula is C19H21ClF3N3O2. The molecule has 0 bridgehead atoms. The molecule has 2 aromatic rings. The van der Waals surface area contributed by atoms with Crippen LogP contribution in [0.4, 0.5) is 13.2 Å². The number of halogens is 4. The highest BCUT2D eigenvalue weighted by Gasteiger charge is 2.35. The molecule has 152 valence electrons. The average molecular weight is 416 g/mol. The van der Waals surface area contributed by atoms with Gasteiger partial charge in [-0.2, -0.15) is 13.2 Å². The first-order valence-electron chi connectivity index (χ1n) is 8.57. The van der Waals surface area contributed by atoms with E-state index < -0.39 is 12.8 Å². The summed E-state index contributed by atoms with van der Waals surface area (Å²) in [4.78, 5) is 18.2. The first kappa shape index (κ1) is 22.0. The lowest BCUT2D eigenvalue weighted by Gasteiger charge is -2.17. The summed E-state index contributed by atoms with van der Waals surface area (Å²) in [6.45, 7) is 0.112. The van der Waals surface area contributed by atoms with Crippen LogP contribution in [0.3, 0.4) is 0 Å². The van der Waals surface area contributed by atoms with Crippen molar-refractivity contribution < 1.29 is 22.7 Å². The van der Waals surface area contributed by atoms with Crippen LogP contribution in [0.15, 0.2) is 48.7 Å². The molecule has 1 amide bonds. The molecule has 28 heavy (non-hydrogen) atoms. The number of alkyl halides is 3. The first-order chi connectivity index (χ1) is 12.9. The number of aromatic nitrogens is 1. The van der Waals surface area contributed by atoms with Crippen molar-refractivity contribution in [2.45, 2.75) is 12.1 Å². The predicted molar refractivity (Wildman–Crippen MR) is 101 cm³/mol.